The maximum absolute atomic E-state index is 2.48. The largest absolute Gasteiger partial charge is 0.309 e. The first-order valence-corrected chi connectivity index (χ1v) is 17.2. The number of nitrogens with zero attached hydrogens (tertiary/aromatic N) is 2. The van der Waals surface area contributed by atoms with Crippen molar-refractivity contribution in [1.82, 2.24) is 9.13 Å². The number of aromatic nitrogens is 2. The summed E-state index contributed by atoms with van der Waals surface area (Å²) in [4.78, 5) is 0. The quantitative estimate of drug-likeness (QED) is 0.178. The Balaban J connectivity index is 1.20. The van der Waals surface area contributed by atoms with E-state index in [1.54, 1.807) is 0 Å². The average molecular weight is 637 g/mol. The van der Waals surface area contributed by atoms with Crippen LogP contribution in [0.1, 0.15) is 0 Å². The highest BCUT2D eigenvalue weighted by Gasteiger charge is 2.20. The van der Waals surface area contributed by atoms with Crippen LogP contribution in [0.4, 0.5) is 0 Å². The third-order valence-corrected chi connectivity index (χ3v) is 10.1. The van der Waals surface area contributed by atoms with Gasteiger partial charge < -0.3 is 9.13 Å². The van der Waals surface area contributed by atoms with Crippen LogP contribution in [0, 0.1) is 0 Å². The molecular weight excluding hydrogens is 605 g/mol. The molecular formula is C48H32N2. The second-order valence-electron chi connectivity index (χ2n) is 12.9. The molecule has 0 spiro atoms. The number of benzene rings is 8. The lowest BCUT2D eigenvalue weighted by molar-refractivity contribution is 1.18. The van der Waals surface area contributed by atoms with Gasteiger partial charge in [0.05, 0.1) is 27.8 Å². The van der Waals surface area contributed by atoms with E-state index in [0.29, 0.717) is 0 Å². The van der Waals surface area contributed by atoms with Gasteiger partial charge in [-0.15, -0.1) is 0 Å². The van der Waals surface area contributed by atoms with Gasteiger partial charge in [0.1, 0.15) is 0 Å². The predicted molar refractivity (Wildman–Crippen MR) is 211 cm³/mol. The molecule has 0 radical (unpaired) electrons. The van der Waals surface area contributed by atoms with Crippen LogP contribution >= 0.6 is 0 Å². The first-order valence-electron chi connectivity index (χ1n) is 17.2. The Kier molecular flexibility index (Phi) is 6.53. The Morgan fingerprint density at radius 2 is 0.760 bits per heavy atom. The highest BCUT2D eigenvalue weighted by Crippen LogP contribution is 2.42. The van der Waals surface area contributed by atoms with Crippen LogP contribution in [-0.4, -0.2) is 9.13 Å². The number of hydrogen-bond donors (Lipinski definition) is 0. The SMILES string of the molecule is c1ccc(-c2ccc(-n3c4ccccc4c4cccc(-c5ccc(-n6c7ccccc7c7ccccc76)cc5)c43)c(-c3ccccc3)c2)cc1. The van der Waals surface area contributed by atoms with Crippen LogP contribution in [0.25, 0.3) is 88.4 Å². The van der Waals surface area contributed by atoms with E-state index in [0.717, 1.165) is 11.4 Å². The molecule has 0 saturated heterocycles. The van der Waals surface area contributed by atoms with Crippen LogP contribution in [-0.2, 0) is 0 Å². The maximum atomic E-state index is 2.48. The third kappa shape index (κ3) is 4.43. The van der Waals surface area contributed by atoms with Crippen molar-refractivity contribution >= 4 is 43.6 Å². The fraction of sp³-hybridized carbons (Fsp3) is 0. The van der Waals surface area contributed by atoms with E-state index in [1.165, 1.54) is 77.0 Å². The number of fused-ring (bicyclic) bond motifs is 6. The average Bonchev–Trinajstić information content (AvgIpc) is 3.72. The minimum Gasteiger partial charge on any atom is -0.309 e. The molecule has 0 bridgehead atoms. The summed E-state index contributed by atoms with van der Waals surface area (Å²) in [5.41, 5.74) is 14.4. The molecule has 2 heteroatoms. The number of rotatable bonds is 5. The number of para-hydroxylation sites is 4. The van der Waals surface area contributed by atoms with Gasteiger partial charge in [0.15, 0.2) is 0 Å². The first-order chi connectivity index (χ1) is 24.8. The molecule has 0 fully saturated rings. The van der Waals surface area contributed by atoms with Gasteiger partial charge in [-0.05, 0) is 64.7 Å². The topological polar surface area (TPSA) is 9.86 Å². The summed E-state index contributed by atoms with van der Waals surface area (Å²) in [6.07, 6.45) is 0. The highest BCUT2D eigenvalue weighted by atomic mass is 15.0. The lowest BCUT2D eigenvalue weighted by atomic mass is 9.96. The minimum absolute atomic E-state index is 1.15. The predicted octanol–water partition coefficient (Wildman–Crippen LogP) is 12.9. The van der Waals surface area contributed by atoms with Crippen molar-refractivity contribution in [2.24, 2.45) is 0 Å². The van der Waals surface area contributed by atoms with Crippen LogP contribution in [0.2, 0.25) is 0 Å². The van der Waals surface area contributed by atoms with E-state index >= 15 is 0 Å². The van der Waals surface area contributed by atoms with Crippen molar-refractivity contribution < 1.29 is 0 Å². The summed E-state index contributed by atoms with van der Waals surface area (Å²) in [6, 6.07) is 70.4. The molecule has 0 atom stereocenters. The Morgan fingerprint density at radius 3 is 1.40 bits per heavy atom. The molecule has 2 nitrogen and oxygen atoms in total. The molecule has 2 aromatic heterocycles. The van der Waals surface area contributed by atoms with Crippen molar-refractivity contribution in [3.05, 3.63) is 194 Å². The molecule has 8 aromatic carbocycles. The van der Waals surface area contributed by atoms with Crippen molar-refractivity contribution in [1.29, 1.82) is 0 Å². The Hall–Kier alpha value is -6.64. The minimum atomic E-state index is 1.15. The zero-order valence-corrected chi connectivity index (χ0v) is 27.4. The van der Waals surface area contributed by atoms with Crippen LogP contribution < -0.4 is 0 Å². The fourth-order valence-electron chi connectivity index (χ4n) is 7.88. The molecule has 10 rings (SSSR count). The fourth-order valence-corrected chi connectivity index (χ4v) is 7.88. The molecule has 0 saturated carbocycles. The lowest BCUT2D eigenvalue weighted by Crippen LogP contribution is -1.99. The van der Waals surface area contributed by atoms with Crippen LogP contribution in [0.15, 0.2) is 194 Å². The van der Waals surface area contributed by atoms with E-state index in [-0.39, 0.29) is 0 Å². The Bertz CT molecular complexity index is 2790. The van der Waals surface area contributed by atoms with E-state index in [4.69, 9.17) is 0 Å². The van der Waals surface area contributed by atoms with Gasteiger partial charge in [-0.3, -0.25) is 0 Å². The van der Waals surface area contributed by atoms with Crippen molar-refractivity contribution in [2.75, 3.05) is 0 Å². The summed E-state index contributed by atoms with van der Waals surface area (Å²) in [5.74, 6) is 0. The van der Waals surface area contributed by atoms with Gasteiger partial charge in [0, 0.05) is 38.4 Å². The molecule has 2 heterocycles. The van der Waals surface area contributed by atoms with E-state index in [9.17, 15) is 0 Å². The highest BCUT2D eigenvalue weighted by molar-refractivity contribution is 6.14. The van der Waals surface area contributed by atoms with E-state index in [1.807, 2.05) is 0 Å². The third-order valence-electron chi connectivity index (χ3n) is 10.1. The van der Waals surface area contributed by atoms with Crippen molar-refractivity contribution in [2.45, 2.75) is 0 Å². The summed E-state index contributed by atoms with van der Waals surface area (Å²) < 4.78 is 4.87. The smallest absolute Gasteiger partial charge is 0.0619 e. The van der Waals surface area contributed by atoms with E-state index in [2.05, 4.69) is 203 Å². The molecule has 0 amide bonds. The van der Waals surface area contributed by atoms with Crippen LogP contribution in [0.5, 0.6) is 0 Å². The van der Waals surface area contributed by atoms with Gasteiger partial charge >= 0.3 is 0 Å². The zero-order chi connectivity index (χ0) is 33.0. The summed E-state index contributed by atoms with van der Waals surface area (Å²) in [6.45, 7) is 0. The second-order valence-corrected chi connectivity index (χ2v) is 12.9. The molecule has 0 unspecified atom stereocenters. The molecule has 10 aromatic rings. The molecule has 0 N–H and O–H groups in total. The van der Waals surface area contributed by atoms with Gasteiger partial charge in [-0.25, -0.2) is 0 Å². The second kappa shape index (κ2) is 11.5. The molecule has 0 aliphatic heterocycles. The van der Waals surface area contributed by atoms with Gasteiger partial charge in [-0.2, -0.15) is 0 Å². The van der Waals surface area contributed by atoms with Crippen molar-refractivity contribution in [3.63, 3.8) is 0 Å². The number of hydrogen-bond acceptors (Lipinski definition) is 0. The lowest BCUT2D eigenvalue weighted by Gasteiger charge is -2.18. The van der Waals surface area contributed by atoms with Crippen LogP contribution in [0.3, 0.4) is 0 Å². The first kappa shape index (κ1) is 28.4. The maximum Gasteiger partial charge on any atom is 0.0619 e. The Labute approximate surface area is 290 Å². The normalized spacial score (nSPS) is 11.6. The molecule has 0 aliphatic carbocycles. The van der Waals surface area contributed by atoms with Crippen molar-refractivity contribution in [3.8, 4) is 44.8 Å². The summed E-state index contributed by atoms with van der Waals surface area (Å²) >= 11 is 0. The summed E-state index contributed by atoms with van der Waals surface area (Å²) in [7, 11) is 0. The zero-order valence-electron chi connectivity index (χ0n) is 27.4. The van der Waals surface area contributed by atoms with E-state index < -0.39 is 0 Å². The van der Waals surface area contributed by atoms with Gasteiger partial charge in [-0.1, -0.05) is 152 Å². The van der Waals surface area contributed by atoms with Gasteiger partial charge in [0.25, 0.3) is 0 Å². The molecule has 234 valence electrons. The molecule has 50 heavy (non-hydrogen) atoms. The van der Waals surface area contributed by atoms with Gasteiger partial charge in [0.2, 0.25) is 0 Å². The molecule has 0 aliphatic rings. The summed E-state index contributed by atoms with van der Waals surface area (Å²) in [5, 5.41) is 5.04. The monoisotopic (exact) mass is 636 g/mol. The standard InChI is InChI=1S/C48H32N2/c1-3-14-33(15-4-1)36-28-31-47(43(32-36)34-16-5-2-6-17-34)50-46-25-12-9-20-41(46)42-22-13-21-38(48(42)50)35-26-29-37(30-27-35)49-44-23-10-7-18-39(44)40-19-8-11-24-45(40)49/h1-32H. The Morgan fingerprint density at radius 1 is 0.280 bits per heavy atom.